The normalized spacial score (nSPS) is 16.5. The van der Waals surface area contributed by atoms with Crippen LogP contribution in [0.2, 0.25) is 0 Å². The van der Waals surface area contributed by atoms with Crippen LogP contribution in [0.4, 0.5) is 0 Å². The molecule has 6 nitrogen and oxygen atoms in total. The Bertz CT molecular complexity index is 1440. The van der Waals surface area contributed by atoms with Crippen molar-refractivity contribution in [3.05, 3.63) is 112 Å². The van der Waals surface area contributed by atoms with E-state index in [1.165, 1.54) is 0 Å². The highest BCUT2D eigenvalue weighted by Crippen LogP contribution is 2.26. The van der Waals surface area contributed by atoms with Gasteiger partial charge in [-0.05, 0) is 71.8 Å². The highest BCUT2D eigenvalue weighted by molar-refractivity contribution is 14.1. The van der Waals surface area contributed by atoms with E-state index in [2.05, 4.69) is 27.5 Å². The number of benzene rings is 3. The number of hydrogen-bond acceptors (Lipinski definition) is 4. The van der Waals surface area contributed by atoms with E-state index in [4.69, 9.17) is 4.98 Å². The number of hydrogen-bond donors (Lipinski definition) is 0. The predicted molar refractivity (Wildman–Crippen MR) is 171 cm³/mol. The molecular weight excluding hydrogens is 623 g/mol. The molecule has 0 aliphatic carbocycles. The molecule has 0 bridgehead atoms. The molecule has 2 aliphatic heterocycles. The minimum absolute atomic E-state index is 0.0550. The van der Waals surface area contributed by atoms with Gasteiger partial charge in [-0.2, -0.15) is 0 Å². The molecule has 3 heterocycles. The average Bonchev–Trinajstić information content (AvgIpc) is 3.05. The van der Waals surface area contributed by atoms with Crippen molar-refractivity contribution in [2.24, 2.45) is 0 Å². The number of nitrogens with zero attached hydrogens (tertiary/aromatic N) is 4. The molecular formula is C34H33IN4O2. The molecule has 208 valence electrons. The third-order valence-electron chi connectivity index (χ3n) is 8.17. The fraction of sp³-hybridized carbons (Fsp3) is 0.265. The molecule has 7 heteroatoms. The summed E-state index contributed by atoms with van der Waals surface area (Å²) >= 11 is 2.26. The molecule has 0 atom stereocenters. The maximum absolute atomic E-state index is 13.8. The predicted octanol–water partition coefficient (Wildman–Crippen LogP) is 6.08. The van der Waals surface area contributed by atoms with E-state index in [1.54, 1.807) is 0 Å². The molecule has 4 aromatic rings. The van der Waals surface area contributed by atoms with Crippen LogP contribution in [-0.4, -0.2) is 76.8 Å². The Hall–Kier alpha value is -3.56. The lowest BCUT2D eigenvalue weighted by Crippen LogP contribution is -2.54. The van der Waals surface area contributed by atoms with Gasteiger partial charge in [-0.25, -0.2) is 4.98 Å². The Kier molecular flexibility index (Phi) is 8.43. The van der Waals surface area contributed by atoms with Crippen LogP contribution in [0, 0.1) is 3.57 Å². The summed E-state index contributed by atoms with van der Waals surface area (Å²) in [6.07, 6.45) is 1.94. The van der Waals surface area contributed by atoms with Crippen LogP contribution in [0.5, 0.6) is 0 Å². The van der Waals surface area contributed by atoms with E-state index in [9.17, 15) is 9.59 Å². The Morgan fingerprint density at radius 3 is 1.63 bits per heavy atom. The molecule has 2 saturated heterocycles. The van der Waals surface area contributed by atoms with E-state index in [1.807, 2.05) is 107 Å². The summed E-state index contributed by atoms with van der Waals surface area (Å²) in [6.45, 7) is 4.65. The summed E-state index contributed by atoms with van der Waals surface area (Å²) in [5.74, 6) is 0.178. The molecule has 0 saturated carbocycles. The summed E-state index contributed by atoms with van der Waals surface area (Å²) in [5.41, 5.74) is 5.04. The molecule has 1 aromatic heterocycles. The average molecular weight is 657 g/mol. The van der Waals surface area contributed by atoms with Crippen LogP contribution in [0.15, 0.2) is 97.1 Å². The maximum atomic E-state index is 13.8. The first-order valence-corrected chi connectivity index (χ1v) is 15.3. The van der Waals surface area contributed by atoms with E-state index in [-0.39, 0.29) is 11.8 Å². The summed E-state index contributed by atoms with van der Waals surface area (Å²) in [5, 5.41) is 0. The number of halogens is 1. The van der Waals surface area contributed by atoms with Crippen molar-refractivity contribution in [3.8, 4) is 22.5 Å². The summed E-state index contributed by atoms with van der Waals surface area (Å²) in [7, 11) is 0. The Morgan fingerprint density at radius 2 is 1.10 bits per heavy atom. The standard InChI is InChI=1S/C34H33IN4O2/c35-29-13-11-27(12-14-29)33(40)38-17-15-30(16-18-38)37-19-21-39(22-20-37)34(41)28-23-31(25-7-3-1-4-8-25)36-32(24-28)26-9-5-2-6-10-26/h1-14,23-24,30H,15-22H2. The van der Waals surface area contributed by atoms with Crippen molar-refractivity contribution in [3.63, 3.8) is 0 Å². The van der Waals surface area contributed by atoms with Gasteiger partial charge in [0.05, 0.1) is 11.4 Å². The van der Waals surface area contributed by atoms with Crippen molar-refractivity contribution >= 4 is 34.4 Å². The van der Waals surface area contributed by atoms with Gasteiger partial charge in [0.25, 0.3) is 11.8 Å². The first-order valence-electron chi connectivity index (χ1n) is 14.3. The van der Waals surface area contributed by atoms with Gasteiger partial charge >= 0.3 is 0 Å². The minimum Gasteiger partial charge on any atom is -0.339 e. The third kappa shape index (κ3) is 6.36. The highest BCUT2D eigenvalue weighted by Gasteiger charge is 2.31. The van der Waals surface area contributed by atoms with Gasteiger partial charge in [-0.15, -0.1) is 0 Å². The topological polar surface area (TPSA) is 56.8 Å². The van der Waals surface area contributed by atoms with Crippen LogP contribution < -0.4 is 0 Å². The van der Waals surface area contributed by atoms with Gasteiger partial charge < -0.3 is 9.80 Å². The summed E-state index contributed by atoms with van der Waals surface area (Å²) in [4.78, 5) is 38.1. The minimum atomic E-state index is 0.0550. The van der Waals surface area contributed by atoms with Gasteiger partial charge in [-0.1, -0.05) is 60.7 Å². The van der Waals surface area contributed by atoms with E-state index in [0.717, 1.165) is 70.7 Å². The van der Waals surface area contributed by atoms with Crippen molar-refractivity contribution in [1.29, 1.82) is 0 Å². The number of piperazine rings is 1. The van der Waals surface area contributed by atoms with E-state index < -0.39 is 0 Å². The smallest absolute Gasteiger partial charge is 0.254 e. The van der Waals surface area contributed by atoms with E-state index >= 15 is 0 Å². The lowest BCUT2D eigenvalue weighted by Gasteiger charge is -2.42. The SMILES string of the molecule is O=C(c1ccc(I)cc1)N1CCC(N2CCN(C(=O)c3cc(-c4ccccc4)nc(-c4ccccc4)c3)CC2)CC1. The van der Waals surface area contributed by atoms with Gasteiger partial charge in [-0.3, -0.25) is 14.5 Å². The summed E-state index contributed by atoms with van der Waals surface area (Å²) in [6, 6.07) is 32.2. The lowest BCUT2D eigenvalue weighted by atomic mass is 10.0. The molecule has 0 N–H and O–H groups in total. The van der Waals surface area contributed by atoms with Gasteiger partial charge in [0.2, 0.25) is 0 Å². The molecule has 3 aromatic carbocycles. The van der Waals surface area contributed by atoms with Crippen LogP contribution in [0.25, 0.3) is 22.5 Å². The second kappa shape index (κ2) is 12.5. The highest BCUT2D eigenvalue weighted by atomic mass is 127. The van der Waals surface area contributed by atoms with Crippen molar-refractivity contribution in [1.82, 2.24) is 19.7 Å². The van der Waals surface area contributed by atoms with Crippen molar-refractivity contribution in [2.75, 3.05) is 39.3 Å². The monoisotopic (exact) mass is 656 g/mol. The summed E-state index contributed by atoms with van der Waals surface area (Å²) < 4.78 is 1.13. The zero-order valence-corrected chi connectivity index (χ0v) is 25.1. The van der Waals surface area contributed by atoms with Crippen LogP contribution in [-0.2, 0) is 0 Å². The molecule has 0 spiro atoms. The number of pyridine rings is 1. The van der Waals surface area contributed by atoms with Gasteiger partial charge in [0.1, 0.15) is 0 Å². The van der Waals surface area contributed by atoms with Gasteiger partial charge in [0, 0.05) is 71.1 Å². The quantitative estimate of drug-likeness (QED) is 0.245. The third-order valence-corrected chi connectivity index (χ3v) is 8.89. The fourth-order valence-corrected chi connectivity index (χ4v) is 6.21. The molecule has 0 radical (unpaired) electrons. The molecule has 2 fully saturated rings. The Balaban J connectivity index is 1.10. The molecule has 2 amide bonds. The number of carbonyl (C=O) groups excluding carboxylic acids is 2. The van der Waals surface area contributed by atoms with E-state index in [0.29, 0.717) is 24.7 Å². The van der Waals surface area contributed by atoms with Gasteiger partial charge in [0.15, 0.2) is 0 Å². The van der Waals surface area contributed by atoms with Crippen LogP contribution >= 0.6 is 22.6 Å². The second-order valence-corrected chi connectivity index (χ2v) is 12.0. The number of aromatic nitrogens is 1. The number of likely N-dealkylation sites (tertiary alicyclic amines) is 1. The Labute approximate surface area is 255 Å². The molecule has 0 unspecified atom stereocenters. The first kappa shape index (κ1) is 27.6. The van der Waals surface area contributed by atoms with Crippen molar-refractivity contribution in [2.45, 2.75) is 18.9 Å². The Morgan fingerprint density at radius 1 is 0.610 bits per heavy atom. The fourth-order valence-electron chi connectivity index (χ4n) is 5.85. The first-order chi connectivity index (χ1) is 20.0. The number of rotatable bonds is 5. The largest absolute Gasteiger partial charge is 0.339 e. The number of piperidine rings is 1. The molecule has 41 heavy (non-hydrogen) atoms. The van der Waals surface area contributed by atoms with Crippen LogP contribution in [0.3, 0.4) is 0 Å². The molecule has 2 aliphatic rings. The number of amides is 2. The zero-order chi connectivity index (χ0) is 28.2. The zero-order valence-electron chi connectivity index (χ0n) is 23.0. The van der Waals surface area contributed by atoms with Crippen molar-refractivity contribution < 1.29 is 9.59 Å². The van der Waals surface area contributed by atoms with Crippen LogP contribution in [0.1, 0.15) is 33.6 Å². The number of carbonyl (C=O) groups is 2. The maximum Gasteiger partial charge on any atom is 0.254 e. The second-order valence-electron chi connectivity index (χ2n) is 10.7. The molecule has 6 rings (SSSR count). The lowest BCUT2D eigenvalue weighted by molar-refractivity contribution is 0.0412.